The lowest BCUT2D eigenvalue weighted by atomic mass is 10.2. The van der Waals surface area contributed by atoms with Crippen LogP contribution in [0.4, 0.5) is 5.69 Å². The van der Waals surface area contributed by atoms with Crippen LogP contribution in [0.25, 0.3) is 0 Å². The molecule has 0 saturated carbocycles. The minimum Gasteiger partial charge on any atom is -0.452 e. The molecule has 0 bridgehead atoms. The second-order valence-corrected chi connectivity index (χ2v) is 6.81. The number of rotatable bonds is 4. The van der Waals surface area contributed by atoms with Crippen molar-refractivity contribution in [3.63, 3.8) is 0 Å². The van der Waals surface area contributed by atoms with Crippen molar-refractivity contribution in [2.75, 3.05) is 24.6 Å². The van der Waals surface area contributed by atoms with Gasteiger partial charge in [0.05, 0.1) is 23.5 Å². The Kier molecular flexibility index (Phi) is 5.55. The third-order valence-corrected chi connectivity index (χ3v) is 4.49. The maximum Gasteiger partial charge on any atom is 0.338 e. The summed E-state index contributed by atoms with van der Waals surface area (Å²) in [6.07, 6.45) is 0.192. The Bertz CT molecular complexity index is 751. The predicted molar refractivity (Wildman–Crippen MR) is 95.0 cm³/mol. The van der Waals surface area contributed by atoms with Crippen LogP contribution in [0, 0.1) is 0 Å². The highest BCUT2D eigenvalue weighted by Gasteiger charge is 2.31. The van der Waals surface area contributed by atoms with Gasteiger partial charge in [-0.15, -0.1) is 0 Å². The number of hydrogen-bond acceptors (Lipinski definition) is 6. The Labute approximate surface area is 157 Å². The SMILES string of the molecule is C[C@H]1CN(C(=O)COC(=O)c2cccc(N3C(=O)CCC3=O)c2)C[C@H](C)O1. The maximum atomic E-state index is 12.3. The van der Waals surface area contributed by atoms with Gasteiger partial charge in [0.25, 0.3) is 5.91 Å². The van der Waals surface area contributed by atoms with E-state index in [1.165, 1.54) is 12.1 Å². The Balaban J connectivity index is 1.61. The first kappa shape index (κ1) is 19.0. The minimum atomic E-state index is -0.682. The van der Waals surface area contributed by atoms with Gasteiger partial charge in [-0.3, -0.25) is 19.3 Å². The molecule has 0 aliphatic carbocycles. The zero-order chi connectivity index (χ0) is 19.6. The summed E-state index contributed by atoms with van der Waals surface area (Å²) in [6, 6.07) is 6.09. The zero-order valence-electron chi connectivity index (χ0n) is 15.3. The van der Waals surface area contributed by atoms with Gasteiger partial charge in [-0.25, -0.2) is 4.79 Å². The summed E-state index contributed by atoms with van der Waals surface area (Å²) in [5.74, 6) is -1.56. The van der Waals surface area contributed by atoms with Crippen molar-refractivity contribution in [1.29, 1.82) is 0 Å². The van der Waals surface area contributed by atoms with Crippen LogP contribution in [0.2, 0.25) is 0 Å². The molecular weight excluding hydrogens is 352 g/mol. The Morgan fingerprint density at radius 2 is 1.74 bits per heavy atom. The molecule has 144 valence electrons. The van der Waals surface area contributed by atoms with Crippen LogP contribution in [0.5, 0.6) is 0 Å². The number of morpholine rings is 1. The molecule has 2 fully saturated rings. The van der Waals surface area contributed by atoms with Gasteiger partial charge < -0.3 is 14.4 Å². The van der Waals surface area contributed by atoms with Crippen molar-refractivity contribution in [1.82, 2.24) is 4.90 Å². The zero-order valence-corrected chi connectivity index (χ0v) is 15.3. The fourth-order valence-electron chi connectivity index (χ4n) is 3.32. The van der Waals surface area contributed by atoms with Crippen molar-refractivity contribution in [2.24, 2.45) is 0 Å². The van der Waals surface area contributed by atoms with E-state index in [0.29, 0.717) is 18.8 Å². The number of imide groups is 1. The number of nitrogens with zero attached hydrogens (tertiary/aromatic N) is 2. The highest BCUT2D eigenvalue weighted by atomic mass is 16.5. The Morgan fingerprint density at radius 3 is 2.37 bits per heavy atom. The minimum absolute atomic E-state index is 0.0689. The third kappa shape index (κ3) is 4.33. The lowest BCUT2D eigenvalue weighted by Crippen LogP contribution is -2.49. The number of esters is 1. The van der Waals surface area contributed by atoms with Crippen molar-refractivity contribution >= 4 is 29.4 Å². The summed E-state index contributed by atoms with van der Waals surface area (Å²) < 4.78 is 10.7. The summed E-state index contributed by atoms with van der Waals surface area (Å²) >= 11 is 0. The van der Waals surface area contributed by atoms with Crippen LogP contribution in [0.3, 0.4) is 0 Å². The van der Waals surface area contributed by atoms with E-state index < -0.39 is 5.97 Å². The second-order valence-electron chi connectivity index (χ2n) is 6.81. The largest absolute Gasteiger partial charge is 0.452 e. The number of benzene rings is 1. The van der Waals surface area contributed by atoms with Crippen molar-refractivity contribution in [2.45, 2.75) is 38.9 Å². The van der Waals surface area contributed by atoms with E-state index >= 15 is 0 Å². The topological polar surface area (TPSA) is 93.2 Å². The average molecular weight is 374 g/mol. The van der Waals surface area contributed by atoms with E-state index in [2.05, 4.69) is 0 Å². The van der Waals surface area contributed by atoms with E-state index in [1.54, 1.807) is 17.0 Å². The first-order chi connectivity index (χ1) is 12.8. The highest BCUT2D eigenvalue weighted by molar-refractivity contribution is 6.20. The number of hydrogen-bond donors (Lipinski definition) is 0. The molecule has 27 heavy (non-hydrogen) atoms. The molecule has 8 nitrogen and oxygen atoms in total. The first-order valence-corrected chi connectivity index (χ1v) is 8.91. The summed E-state index contributed by atoms with van der Waals surface area (Å²) in [6.45, 7) is 4.30. The number of carbonyl (C=O) groups excluding carboxylic acids is 4. The second kappa shape index (κ2) is 7.87. The fraction of sp³-hybridized carbons (Fsp3) is 0.474. The maximum absolute atomic E-state index is 12.3. The van der Waals surface area contributed by atoms with Crippen molar-refractivity contribution in [3.05, 3.63) is 29.8 Å². The summed E-state index contributed by atoms with van der Waals surface area (Å²) in [4.78, 5) is 50.9. The molecule has 3 rings (SSSR count). The standard InChI is InChI=1S/C19H22N2O6/c1-12-9-20(10-13(2)27-12)18(24)11-26-19(25)14-4-3-5-15(8-14)21-16(22)6-7-17(21)23/h3-5,8,12-13H,6-7,9-11H2,1-2H3/t12-,13-/m0/s1. The fourth-order valence-corrected chi connectivity index (χ4v) is 3.32. The van der Waals surface area contributed by atoms with Gasteiger partial charge in [0.1, 0.15) is 0 Å². The number of amides is 3. The van der Waals surface area contributed by atoms with Gasteiger partial charge in [-0.1, -0.05) is 6.07 Å². The first-order valence-electron chi connectivity index (χ1n) is 8.91. The summed E-state index contributed by atoms with van der Waals surface area (Å²) in [5, 5.41) is 0. The highest BCUT2D eigenvalue weighted by Crippen LogP contribution is 2.23. The Hall–Kier alpha value is -2.74. The molecule has 2 heterocycles. The van der Waals surface area contributed by atoms with Gasteiger partial charge in [0, 0.05) is 25.9 Å². The van der Waals surface area contributed by atoms with E-state index in [4.69, 9.17) is 9.47 Å². The molecule has 0 N–H and O–H groups in total. The van der Waals surface area contributed by atoms with Gasteiger partial charge in [0.2, 0.25) is 11.8 Å². The van der Waals surface area contributed by atoms with Gasteiger partial charge in [-0.05, 0) is 32.0 Å². The molecular formula is C19H22N2O6. The van der Waals surface area contributed by atoms with Gasteiger partial charge >= 0.3 is 5.97 Å². The van der Waals surface area contributed by atoms with Gasteiger partial charge in [-0.2, -0.15) is 0 Å². The van der Waals surface area contributed by atoms with Crippen molar-refractivity contribution in [3.8, 4) is 0 Å². The predicted octanol–water partition coefficient (Wildman–Crippen LogP) is 1.13. The van der Waals surface area contributed by atoms with Crippen LogP contribution in [-0.2, 0) is 23.9 Å². The van der Waals surface area contributed by atoms with E-state index in [9.17, 15) is 19.2 Å². The molecule has 1 aromatic rings. The number of ether oxygens (including phenoxy) is 2. The average Bonchev–Trinajstić information content (AvgIpc) is 2.97. The Morgan fingerprint density at radius 1 is 1.11 bits per heavy atom. The molecule has 2 aliphatic heterocycles. The quantitative estimate of drug-likeness (QED) is 0.579. The van der Waals surface area contributed by atoms with E-state index in [-0.39, 0.29) is 54.9 Å². The van der Waals surface area contributed by atoms with Crippen LogP contribution < -0.4 is 4.90 Å². The molecule has 2 saturated heterocycles. The monoisotopic (exact) mass is 374 g/mol. The van der Waals surface area contributed by atoms with Crippen LogP contribution in [0.1, 0.15) is 37.0 Å². The van der Waals surface area contributed by atoms with Gasteiger partial charge in [0.15, 0.2) is 6.61 Å². The molecule has 1 aromatic carbocycles. The van der Waals surface area contributed by atoms with Crippen LogP contribution >= 0.6 is 0 Å². The molecule has 2 atom stereocenters. The number of carbonyl (C=O) groups is 4. The van der Waals surface area contributed by atoms with E-state index in [1.807, 2.05) is 13.8 Å². The molecule has 3 amide bonds. The van der Waals surface area contributed by atoms with Crippen LogP contribution in [0.15, 0.2) is 24.3 Å². The van der Waals surface area contributed by atoms with Crippen LogP contribution in [-0.4, -0.2) is 60.5 Å². The smallest absolute Gasteiger partial charge is 0.338 e. The molecule has 0 radical (unpaired) electrons. The molecule has 0 unspecified atom stereocenters. The van der Waals surface area contributed by atoms with E-state index in [0.717, 1.165) is 4.90 Å². The molecule has 0 spiro atoms. The molecule has 8 heteroatoms. The number of anilines is 1. The third-order valence-electron chi connectivity index (χ3n) is 4.49. The summed E-state index contributed by atoms with van der Waals surface area (Å²) in [7, 11) is 0. The lowest BCUT2D eigenvalue weighted by molar-refractivity contribution is -0.146. The normalized spacial score (nSPS) is 22.9. The van der Waals surface area contributed by atoms with Crippen molar-refractivity contribution < 1.29 is 28.7 Å². The molecule has 2 aliphatic rings. The lowest BCUT2D eigenvalue weighted by Gasteiger charge is -2.35. The molecule has 0 aromatic heterocycles. The summed E-state index contributed by atoms with van der Waals surface area (Å²) in [5.41, 5.74) is 0.510.